The largest absolute Gasteiger partial charge is 0.472 e. The summed E-state index contributed by atoms with van der Waals surface area (Å²) in [6.45, 7) is 3.88. The van der Waals surface area contributed by atoms with Crippen LogP contribution in [0.3, 0.4) is 0 Å². The van der Waals surface area contributed by atoms with Crippen LogP contribution in [0.5, 0.6) is 11.8 Å². The first-order valence-corrected chi connectivity index (χ1v) is 14.5. The first-order valence-electron chi connectivity index (χ1n) is 13.0. The number of hydrogen-bond acceptors (Lipinski definition) is 11. The summed E-state index contributed by atoms with van der Waals surface area (Å²) in [5, 5.41) is 4.41. The average Bonchev–Trinajstić information content (AvgIpc) is 3.60. The molecule has 1 aliphatic carbocycles. The summed E-state index contributed by atoms with van der Waals surface area (Å²) in [7, 11) is -2.50. The van der Waals surface area contributed by atoms with Gasteiger partial charge in [0.25, 0.3) is 0 Å². The predicted molar refractivity (Wildman–Crippen MR) is 146 cm³/mol. The van der Waals surface area contributed by atoms with E-state index >= 15 is 0 Å². The summed E-state index contributed by atoms with van der Waals surface area (Å²) in [5.41, 5.74) is 8.12. The number of halogens is 1. The molecular weight excluding hydrogens is 542 g/mol. The first kappa shape index (κ1) is 26.8. The molecule has 1 aliphatic heterocycles. The number of phosphoric ester groups is 1. The van der Waals surface area contributed by atoms with E-state index in [9.17, 15) is 13.8 Å². The molecule has 4 aromatic rings. The van der Waals surface area contributed by atoms with Crippen molar-refractivity contribution in [3.05, 3.63) is 36.2 Å². The summed E-state index contributed by atoms with van der Waals surface area (Å²) in [5.74, 6) is 1.05. The molecule has 5 N–H and O–H groups in total. The zero-order chi connectivity index (χ0) is 28.2. The highest BCUT2D eigenvalue weighted by Gasteiger charge is 2.44. The van der Waals surface area contributed by atoms with E-state index in [4.69, 9.17) is 24.5 Å². The molecule has 2 fully saturated rings. The standard InChI is InChI=1S/C25H30FN8O5P/c1-4-37-40(35,36)39-12(2)22-29-9-16(10-30-22)38-25-32-23-20(17-6-14(26)7-19(28-3)21(17)31-23)24(33-25)34-11-13-5-15(34)8-18(13)27/h6-7,9-10,12-13,15,18,28H,4-5,8,11,27H2,1-3H3,(H,35,36)(H,31,32,33)/t12?,13-,15-,18-/m1/s1. The van der Waals surface area contributed by atoms with Crippen LogP contribution in [0, 0.1) is 11.7 Å². The molecule has 0 amide bonds. The van der Waals surface area contributed by atoms with Crippen molar-refractivity contribution in [1.82, 2.24) is 24.9 Å². The molecule has 4 heterocycles. The number of H-pyrrole nitrogens is 1. The zero-order valence-corrected chi connectivity index (χ0v) is 23.1. The van der Waals surface area contributed by atoms with Crippen LogP contribution in [0.4, 0.5) is 15.9 Å². The van der Waals surface area contributed by atoms with E-state index in [0.717, 1.165) is 19.4 Å². The number of benzene rings is 1. The first-order chi connectivity index (χ1) is 19.2. The Balaban J connectivity index is 1.35. The maximum absolute atomic E-state index is 14.6. The van der Waals surface area contributed by atoms with Gasteiger partial charge in [-0.15, -0.1) is 0 Å². The highest BCUT2D eigenvalue weighted by Crippen LogP contribution is 2.47. The molecule has 15 heteroatoms. The number of hydrogen-bond donors (Lipinski definition) is 4. The van der Waals surface area contributed by atoms with Gasteiger partial charge in [-0.05, 0) is 44.7 Å². The smallest absolute Gasteiger partial charge is 0.421 e. The molecule has 1 aromatic carbocycles. The van der Waals surface area contributed by atoms with Gasteiger partial charge in [-0.25, -0.2) is 18.9 Å². The lowest BCUT2D eigenvalue weighted by atomic mass is 10.0. The van der Waals surface area contributed by atoms with Crippen LogP contribution in [-0.2, 0) is 13.6 Å². The van der Waals surface area contributed by atoms with Crippen molar-refractivity contribution in [3.8, 4) is 11.8 Å². The van der Waals surface area contributed by atoms with E-state index in [2.05, 4.69) is 30.2 Å². The van der Waals surface area contributed by atoms with Gasteiger partial charge in [0.1, 0.15) is 23.4 Å². The topological polar surface area (TPSA) is 174 Å². The van der Waals surface area contributed by atoms with Crippen LogP contribution in [0.1, 0.15) is 38.6 Å². The van der Waals surface area contributed by atoms with Crippen LogP contribution < -0.4 is 20.7 Å². The van der Waals surface area contributed by atoms with Crippen LogP contribution in [-0.4, -0.2) is 62.1 Å². The average molecular weight is 573 g/mol. The van der Waals surface area contributed by atoms with E-state index in [0.29, 0.717) is 39.4 Å². The van der Waals surface area contributed by atoms with E-state index in [1.54, 1.807) is 14.0 Å². The molecule has 2 bridgehead atoms. The molecule has 2 unspecified atom stereocenters. The fraction of sp³-hybridized carbons (Fsp3) is 0.440. The van der Waals surface area contributed by atoms with Crippen LogP contribution in [0.15, 0.2) is 24.5 Å². The van der Waals surface area contributed by atoms with Crippen molar-refractivity contribution < 1.29 is 27.6 Å². The lowest BCUT2D eigenvalue weighted by Gasteiger charge is -2.31. The minimum atomic E-state index is -4.23. The van der Waals surface area contributed by atoms with Gasteiger partial charge < -0.3 is 30.6 Å². The third-order valence-corrected chi connectivity index (χ3v) is 8.59. The molecule has 0 radical (unpaired) electrons. The van der Waals surface area contributed by atoms with Crippen LogP contribution in [0.2, 0.25) is 0 Å². The Morgan fingerprint density at radius 1 is 1.30 bits per heavy atom. The number of ether oxygens (including phenoxy) is 1. The van der Waals surface area contributed by atoms with Crippen molar-refractivity contribution in [2.24, 2.45) is 11.7 Å². The van der Waals surface area contributed by atoms with Crippen molar-refractivity contribution >= 4 is 41.3 Å². The van der Waals surface area contributed by atoms with Gasteiger partial charge in [-0.2, -0.15) is 9.97 Å². The minimum Gasteiger partial charge on any atom is -0.421 e. The highest BCUT2D eigenvalue weighted by atomic mass is 31.2. The highest BCUT2D eigenvalue weighted by molar-refractivity contribution is 7.47. The number of piperidine rings is 1. The molecule has 13 nitrogen and oxygen atoms in total. The number of nitrogens with zero attached hydrogens (tertiary/aromatic N) is 5. The Kier molecular flexibility index (Phi) is 6.83. The Morgan fingerprint density at radius 3 is 2.73 bits per heavy atom. The zero-order valence-electron chi connectivity index (χ0n) is 22.2. The second-order valence-electron chi connectivity index (χ2n) is 10.0. The van der Waals surface area contributed by atoms with Crippen LogP contribution in [0.25, 0.3) is 21.9 Å². The lowest BCUT2D eigenvalue weighted by Crippen LogP contribution is -2.41. The maximum Gasteiger partial charge on any atom is 0.472 e. The monoisotopic (exact) mass is 572 g/mol. The number of aromatic amines is 1. The second-order valence-corrected chi connectivity index (χ2v) is 11.4. The summed E-state index contributed by atoms with van der Waals surface area (Å²) >= 11 is 0. The Labute approximate surface area is 228 Å². The summed E-state index contributed by atoms with van der Waals surface area (Å²) < 4.78 is 42.3. The van der Waals surface area contributed by atoms with Gasteiger partial charge in [0.15, 0.2) is 11.6 Å². The van der Waals surface area contributed by atoms with Gasteiger partial charge >= 0.3 is 13.8 Å². The number of anilines is 2. The number of nitrogens with two attached hydrogens (primary N) is 1. The molecule has 3 aromatic heterocycles. The van der Waals surface area contributed by atoms with Gasteiger partial charge in [-0.3, -0.25) is 9.05 Å². The molecule has 1 saturated carbocycles. The molecule has 212 valence electrons. The molecule has 5 atom stereocenters. The molecule has 2 aliphatic rings. The van der Waals surface area contributed by atoms with Gasteiger partial charge in [0.2, 0.25) is 0 Å². The Hall–Kier alpha value is -3.42. The summed E-state index contributed by atoms with van der Waals surface area (Å²) in [4.78, 5) is 33.0. The number of rotatable bonds is 9. The summed E-state index contributed by atoms with van der Waals surface area (Å²) in [6, 6.07) is 3.34. The number of nitrogens with one attached hydrogen (secondary N) is 2. The van der Waals surface area contributed by atoms with Crippen LogP contribution >= 0.6 is 7.82 Å². The minimum absolute atomic E-state index is 0.0215. The molecule has 1 saturated heterocycles. The van der Waals surface area contributed by atoms with Crippen molar-refractivity contribution in [2.45, 2.75) is 44.9 Å². The molecule has 40 heavy (non-hydrogen) atoms. The second kappa shape index (κ2) is 10.2. The van der Waals surface area contributed by atoms with Crippen molar-refractivity contribution in [3.63, 3.8) is 0 Å². The van der Waals surface area contributed by atoms with Gasteiger partial charge in [-0.1, -0.05) is 0 Å². The normalized spacial score (nSPS) is 22.6. The number of fused-ring (bicyclic) bond motifs is 5. The SMILES string of the molecule is CCOP(=O)(O)OC(C)c1ncc(Oc2nc(N3C[C@H]4C[C@@H]3C[C@H]4N)c3c(n2)[nH]c2c(NC)cc(F)cc23)cn1. The quantitative estimate of drug-likeness (QED) is 0.213. The molecule has 0 spiro atoms. The molecule has 6 rings (SSSR count). The van der Waals surface area contributed by atoms with Gasteiger partial charge in [0.05, 0.1) is 35.6 Å². The Morgan fingerprint density at radius 2 is 2.08 bits per heavy atom. The maximum atomic E-state index is 14.6. The van der Waals surface area contributed by atoms with E-state index in [-0.39, 0.29) is 42.1 Å². The third-order valence-electron chi connectivity index (χ3n) is 7.43. The van der Waals surface area contributed by atoms with Crippen molar-refractivity contribution in [1.29, 1.82) is 0 Å². The fourth-order valence-electron chi connectivity index (χ4n) is 5.66. The van der Waals surface area contributed by atoms with Crippen molar-refractivity contribution in [2.75, 3.05) is 30.4 Å². The van der Waals surface area contributed by atoms with E-state index < -0.39 is 13.9 Å². The molecular formula is C25H30FN8O5P. The summed E-state index contributed by atoms with van der Waals surface area (Å²) in [6.07, 6.45) is 3.72. The van der Waals surface area contributed by atoms with Gasteiger partial charge in [0, 0.05) is 31.1 Å². The van der Waals surface area contributed by atoms with E-state index in [1.807, 2.05) is 0 Å². The van der Waals surface area contributed by atoms with E-state index in [1.165, 1.54) is 31.5 Å². The fourth-order valence-corrected chi connectivity index (χ4v) is 6.54. The lowest BCUT2D eigenvalue weighted by molar-refractivity contribution is 0.112. The predicted octanol–water partition coefficient (Wildman–Crippen LogP) is 4.01. The Bertz CT molecular complexity index is 1620. The number of aromatic nitrogens is 5. The number of phosphoric acid groups is 1. The third kappa shape index (κ3) is 4.86.